The Morgan fingerprint density at radius 1 is 1.04 bits per heavy atom. The molecule has 8 heteroatoms. The number of anilines is 1. The van der Waals surface area contributed by atoms with Crippen molar-refractivity contribution in [3.05, 3.63) is 48.0 Å². The van der Waals surface area contributed by atoms with Gasteiger partial charge in [-0.1, -0.05) is 23.4 Å². The second-order valence-electron chi connectivity index (χ2n) is 6.91. The predicted molar refractivity (Wildman–Crippen MR) is 102 cm³/mol. The van der Waals surface area contributed by atoms with Crippen LogP contribution in [0.1, 0.15) is 5.56 Å². The fraction of sp³-hybridized carbons (Fsp3) is 0.300. The Labute approximate surface area is 161 Å². The van der Waals surface area contributed by atoms with E-state index in [1.54, 1.807) is 4.90 Å². The number of hydrogen-bond acceptors (Lipinski definition) is 6. The molecule has 144 valence electrons. The van der Waals surface area contributed by atoms with Gasteiger partial charge >= 0.3 is 6.03 Å². The molecule has 28 heavy (non-hydrogen) atoms. The van der Waals surface area contributed by atoms with Gasteiger partial charge in [0.05, 0.1) is 5.39 Å². The van der Waals surface area contributed by atoms with Crippen molar-refractivity contribution in [2.24, 2.45) is 0 Å². The van der Waals surface area contributed by atoms with E-state index in [2.05, 4.69) is 21.4 Å². The van der Waals surface area contributed by atoms with Crippen LogP contribution in [0.2, 0.25) is 0 Å². The van der Waals surface area contributed by atoms with Gasteiger partial charge in [0, 0.05) is 32.7 Å². The number of urea groups is 1. The smallest absolute Gasteiger partial charge is 0.323 e. The van der Waals surface area contributed by atoms with Crippen LogP contribution in [0, 0.1) is 0 Å². The van der Waals surface area contributed by atoms with Gasteiger partial charge in [-0.2, -0.15) is 0 Å². The number of aromatic nitrogens is 1. The Morgan fingerprint density at radius 3 is 2.75 bits per heavy atom. The number of nitrogens with zero attached hydrogens (tertiary/aromatic N) is 3. The molecule has 3 aromatic rings. The summed E-state index contributed by atoms with van der Waals surface area (Å²) in [7, 11) is 0. The number of hydrogen-bond donors (Lipinski definition) is 1. The minimum atomic E-state index is -0.151. The molecule has 2 aliphatic heterocycles. The zero-order valence-corrected chi connectivity index (χ0v) is 15.3. The molecule has 2 amide bonds. The molecule has 0 atom stereocenters. The fourth-order valence-corrected chi connectivity index (χ4v) is 3.56. The van der Waals surface area contributed by atoms with Crippen molar-refractivity contribution in [2.45, 2.75) is 6.54 Å². The van der Waals surface area contributed by atoms with Gasteiger partial charge in [-0.15, -0.1) is 0 Å². The molecule has 2 aliphatic rings. The Kier molecular flexibility index (Phi) is 4.25. The number of benzene rings is 2. The van der Waals surface area contributed by atoms with Gasteiger partial charge in [0.15, 0.2) is 22.9 Å². The largest absolute Gasteiger partial charge is 0.454 e. The van der Waals surface area contributed by atoms with E-state index < -0.39 is 0 Å². The van der Waals surface area contributed by atoms with Crippen LogP contribution in [-0.2, 0) is 6.54 Å². The number of amides is 2. The van der Waals surface area contributed by atoms with E-state index in [1.807, 2.05) is 36.4 Å². The van der Waals surface area contributed by atoms with Crippen molar-refractivity contribution in [3.63, 3.8) is 0 Å². The van der Waals surface area contributed by atoms with Crippen LogP contribution in [0.3, 0.4) is 0 Å². The standard InChI is InChI=1S/C20H20N4O4/c25-20(21-19-15-3-1-2-4-16(15)28-22-19)24-9-7-23(8-10-24)12-14-5-6-17-18(11-14)27-13-26-17/h1-6,11H,7-10,12-13H2,(H,21,22,25). The number of rotatable bonds is 3. The van der Waals surface area contributed by atoms with Gasteiger partial charge in [0.1, 0.15) is 0 Å². The second kappa shape index (κ2) is 7.05. The lowest BCUT2D eigenvalue weighted by Crippen LogP contribution is -2.49. The lowest BCUT2D eigenvalue weighted by molar-refractivity contribution is 0.143. The highest BCUT2D eigenvalue weighted by molar-refractivity contribution is 5.98. The maximum atomic E-state index is 12.6. The van der Waals surface area contributed by atoms with E-state index in [9.17, 15) is 4.79 Å². The van der Waals surface area contributed by atoms with Crippen molar-refractivity contribution >= 4 is 22.8 Å². The number of nitrogens with one attached hydrogen (secondary N) is 1. The molecule has 1 N–H and O–H groups in total. The van der Waals surface area contributed by atoms with E-state index in [0.29, 0.717) is 24.5 Å². The average Bonchev–Trinajstić information content (AvgIpc) is 3.35. The first-order valence-corrected chi connectivity index (χ1v) is 9.27. The summed E-state index contributed by atoms with van der Waals surface area (Å²) >= 11 is 0. The van der Waals surface area contributed by atoms with Gasteiger partial charge in [-0.05, 0) is 29.8 Å². The highest BCUT2D eigenvalue weighted by atomic mass is 16.7. The third-order valence-electron chi connectivity index (χ3n) is 5.11. The SMILES string of the molecule is O=C(Nc1noc2ccccc12)N1CCN(Cc2ccc3c(c2)OCO3)CC1. The maximum Gasteiger partial charge on any atom is 0.323 e. The van der Waals surface area contributed by atoms with Crippen LogP contribution in [0.25, 0.3) is 11.0 Å². The van der Waals surface area contributed by atoms with Crippen molar-refractivity contribution in [2.75, 3.05) is 38.3 Å². The van der Waals surface area contributed by atoms with Crippen LogP contribution < -0.4 is 14.8 Å². The summed E-state index contributed by atoms with van der Waals surface area (Å²) in [5.74, 6) is 2.06. The first kappa shape index (κ1) is 16.9. The number of carbonyl (C=O) groups is 1. The van der Waals surface area contributed by atoms with E-state index in [4.69, 9.17) is 14.0 Å². The van der Waals surface area contributed by atoms with Crippen LogP contribution >= 0.6 is 0 Å². The summed E-state index contributed by atoms with van der Waals surface area (Å²) in [6.07, 6.45) is 0. The molecule has 2 aromatic carbocycles. The first-order chi connectivity index (χ1) is 13.8. The van der Waals surface area contributed by atoms with Crippen LogP contribution in [0.4, 0.5) is 10.6 Å². The Morgan fingerprint density at radius 2 is 1.86 bits per heavy atom. The molecule has 0 unspecified atom stereocenters. The number of para-hydroxylation sites is 1. The number of fused-ring (bicyclic) bond motifs is 2. The van der Waals surface area contributed by atoms with E-state index in [-0.39, 0.29) is 12.8 Å². The number of piperazine rings is 1. The molecule has 1 saturated heterocycles. The number of carbonyl (C=O) groups excluding carboxylic acids is 1. The average molecular weight is 380 g/mol. The van der Waals surface area contributed by atoms with Crippen molar-refractivity contribution in [1.82, 2.24) is 15.0 Å². The van der Waals surface area contributed by atoms with Crippen LogP contribution in [0.15, 0.2) is 47.0 Å². The summed E-state index contributed by atoms with van der Waals surface area (Å²) in [6.45, 7) is 4.04. The van der Waals surface area contributed by atoms with Gasteiger partial charge in [0.2, 0.25) is 6.79 Å². The summed E-state index contributed by atoms with van der Waals surface area (Å²) < 4.78 is 16.0. The monoisotopic (exact) mass is 380 g/mol. The van der Waals surface area contributed by atoms with Gasteiger partial charge < -0.3 is 18.9 Å². The zero-order chi connectivity index (χ0) is 18.9. The normalized spacial score (nSPS) is 16.5. The molecule has 0 saturated carbocycles. The highest BCUT2D eigenvalue weighted by Gasteiger charge is 2.23. The van der Waals surface area contributed by atoms with Crippen LogP contribution in [0.5, 0.6) is 11.5 Å². The summed E-state index contributed by atoms with van der Waals surface area (Å²) in [4.78, 5) is 16.7. The Bertz CT molecular complexity index is 1010. The Balaban J connectivity index is 1.17. The summed E-state index contributed by atoms with van der Waals surface area (Å²) in [6, 6.07) is 13.4. The van der Waals surface area contributed by atoms with E-state index in [0.717, 1.165) is 36.5 Å². The summed E-state index contributed by atoms with van der Waals surface area (Å²) in [5.41, 5.74) is 1.84. The van der Waals surface area contributed by atoms with Crippen molar-refractivity contribution in [3.8, 4) is 11.5 Å². The van der Waals surface area contributed by atoms with Gasteiger partial charge in [-0.3, -0.25) is 10.2 Å². The highest BCUT2D eigenvalue weighted by Crippen LogP contribution is 2.32. The third kappa shape index (κ3) is 3.22. The maximum absolute atomic E-state index is 12.6. The topological polar surface area (TPSA) is 80.1 Å². The molecule has 5 rings (SSSR count). The fourth-order valence-electron chi connectivity index (χ4n) is 3.56. The minimum absolute atomic E-state index is 0.151. The lowest BCUT2D eigenvalue weighted by Gasteiger charge is -2.34. The van der Waals surface area contributed by atoms with E-state index in [1.165, 1.54) is 5.56 Å². The first-order valence-electron chi connectivity index (χ1n) is 9.27. The van der Waals surface area contributed by atoms with Crippen molar-refractivity contribution in [1.29, 1.82) is 0 Å². The zero-order valence-electron chi connectivity index (χ0n) is 15.3. The Hall–Kier alpha value is -3.26. The molecule has 0 spiro atoms. The quantitative estimate of drug-likeness (QED) is 0.753. The van der Waals surface area contributed by atoms with E-state index >= 15 is 0 Å². The molecule has 3 heterocycles. The molecule has 1 fully saturated rings. The molecule has 1 aromatic heterocycles. The second-order valence-corrected chi connectivity index (χ2v) is 6.91. The predicted octanol–water partition coefficient (Wildman–Crippen LogP) is 2.91. The molecule has 0 aliphatic carbocycles. The third-order valence-corrected chi connectivity index (χ3v) is 5.11. The van der Waals surface area contributed by atoms with Gasteiger partial charge in [-0.25, -0.2) is 4.79 Å². The number of ether oxygens (including phenoxy) is 2. The van der Waals surface area contributed by atoms with Gasteiger partial charge in [0.25, 0.3) is 0 Å². The minimum Gasteiger partial charge on any atom is -0.454 e. The lowest BCUT2D eigenvalue weighted by atomic mass is 10.1. The molecule has 0 bridgehead atoms. The summed E-state index contributed by atoms with van der Waals surface area (Å²) in [5, 5.41) is 7.63. The molecular formula is C20H20N4O4. The molecule has 8 nitrogen and oxygen atoms in total. The van der Waals surface area contributed by atoms with Crippen LogP contribution in [-0.4, -0.2) is 54.0 Å². The molecular weight excluding hydrogens is 360 g/mol. The molecule has 0 radical (unpaired) electrons. The van der Waals surface area contributed by atoms with Crippen molar-refractivity contribution < 1.29 is 18.8 Å².